The molecule has 1 aromatic carbocycles. The number of nitrogens with zero attached hydrogens (tertiary/aromatic N) is 1. The Balaban J connectivity index is 2.13. The van der Waals surface area contributed by atoms with E-state index in [-0.39, 0.29) is 6.04 Å². The fourth-order valence-electron chi connectivity index (χ4n) is 1.60. The van der Waals surface area contributed by atoms with E-state index in [1.54, 1.807) is 12.4 Å². The van der Waals surface area contributed by atoms with E-state index in [1.165, 1.54) is 0 Å². The van der Waals surface area contributed by atoms with Gasteiger partial charge in [-0.1, -0.05) is 23.7 Å². The summed E-state index contributed by atoms with van der Waals surface area (Å²) in [5.41, 5.74) is 3.85. The van der Waals surface area contributed by atoms with Crippen LogP contribution in [0.3, 0.4) is 0 Å². The molecule has 0 fully saturated rings. The van der Waals surface area contributed by atoms with Crippen LogP contribution in [0.4, 0.5) is 0 Å². The summed E-state index contributed by atoms with van der Waals surface area (Å²) in [4.78, 5) is 7.21. The van der Waals surface area contributed by atoms with Crippen molar-refractivity contribution in [1.29, 1.82) is 0 Å². The van der Waals surface area contributed by atoms with E-state index in [2.05, 4.69) is 15.4 Å². The van der Waals surface area contributed by atoms with Gasteiger partial charge < -0.3 is 4.98 Å². The number of benzene rings is 1. The third kappa shape index (κ3) is 2.61. The van der Waals surface area contributed by atoms with Crippen LogP contribution < -0.4 is 11.3 Å². The second-order valence-electron chi connectivity index (χ2n) is 3.53. The molecule has 5 heteroatoms. The summed E-state index contributed by atoms with van der Waals surface area (Å²) in [6, 6.07) is 7.68. The van der Waals surface area contributed by atoms with E-state index in [9.17, 15) is 0 Å². The Kier molecular flexibility index (Phi) is 3.56. The molecule has 2 aromatic rings. The molecule has 16 heavy (non-hydrogen) atoms. The molecule has 1 heterocycles. The maximum absolute atomic E-state index is 5.92. The van der Waals surface area contributed by atoms with Crippen LogP contribution in [0.15, 0.2) is 36.7 Å². The summed E-state index contributed by atoms with van der Waals surface area (Å²) in [7, 11) is 0. The van der Waals surface area contributed by atoms with E-state index in [0.29, 0.717) is 0 Å². The van der Waals surface area contributed by atoms with Crippen molar-refractivity contribution in [1.82, 2.24) is 15.4 Å². The van der Waals surface area contributed by atoms with E-state index in [1.807, 2.05) is 24.3 Å². The highest BCUT2D eigenvalue weighted by atomic mass is 35.5. The van der Waals surface area contributed by atoms with Crippen molar-refractivity contribution in [2.45, 2.75) is 12.5 Å². The Bertz CT molecular complexity index is 441. The number of halogens is 1. The van der Waals surface area contributed by atoms with Gasteiger partial charge in [0.05, 0.1) is 6.04 Å². The Morgan fingerprint density at radius 3 is 3.00 bits per heavy atom. The van der Waals surface area contributed by atoms with Gasteiger partial charge in [0, 0.05) is 17.4 Å². The lowest BCUT2D eigenvalue weighted by molar-refractivity contribution is 0.527. The van der Waals surface area contributed by atoms with Gasteiger partial charge in [0.2, 0.25) is 0 Å². The molecule has 4 nitrogen and oxygen atoms in total. The Morgan fingerprint density at radius 2 is 2.38 bits per heavy atom. The maximum atomic E-state index is 5.92. The fourth-order valence-corrected chi connectivity index (χ4v) is 1.82. The molecule has 0 aliphatic carbocycles. The Labute approximate surface area is 98.8 Å². The minimum absolute atomic E-state index is 0.0338. The van der Waals surface area contributed by atoms with E-state index in [4.69, 9.17) is 17.4 Å². The molecule has 1 atom stereocenters. The zero-order valence-corrected chi connectivity index (χ0v) is 9.41. The fraction of sp³-hybridized carbons (Fsp3) is 0.182. The minimum atomic E-state index is -0.0338. The first-order chi connectivity index (χ1) is 7.79. The Morgan fingerprint density at radius 1 is 1.50 bits per heavy atom. The van der Waals surface area contributed by atoms with Crippen LogP contribution in [0.25, 0.3) is 0 Å². The van der Waals surface area contributed by atoms with Crippen molar-refractivity contribution in [3.8, 4) is 0 Å². The van der Waals surface area contributed by atoms with Gasteiger partial charge in [0.1, 0.15) is 5.82 Å². The first-order valence-electron chi connectivity index (χ1n) is 4.99. The third-order valence-corrected chi connectivity index (χ3v) is 2.61. The highest BCUT2D eigenvalue weighted by molar-refractivity contribution is 6.30. The van der Waals surface area contributed by atoms with Crippen molar-refractivity contribution in [3.63, 3.8) is 0 Å². The van der Waals surface area contributed by atoms with Crippen molar-refractivity contribution >= 4 is 11.6 Å². The minimum Gasteiger partial charge on any atom is -0.347 e. The first-order valence-corrected chi connectivity index (χ1v) is 5.37. The monoisotopic (exact) mass is 236 g/mol. The maximum Gasteiger partial charge on any atom is 0.124 e. The number of H-pyrrole nitrogens is 1. The standard InChI is InChI=1S/C11H13ClN4/c12-9-3-1-2-8(6-9)7-10(16-13)11-14-4-5-15-11/h1-6,10,16H,7,13H2,(H,14,15). The quantitative estimate of drug-likeness (QED) is 0.560. The third-order valence-electron chi connectivity index (χ3n) is 2.38. The smallest absolute Gasteiger partial charge is 0.124 e. The lowest BCUT2D eigenvalue weighted by atomic mass is 10.1. The number of imidazole rings is 1. The zero-order chi connectivity index (χ0) is 11.4. The predicted molar refractivity (Wildman–Crippen MR) is 63.8 cm³/mol. The van der Waals surface area contributed by atoms with E-state index >= 15 is 0 Å². The van der Waals surface area contributed by atoms with Crippen LogP contribution in [-0.2, 0) is 6.42 Å². The average Bonchev–Trinajstić information content (AvgIpc) is 2.79. The second kappa shape index (κ2) is 5.12. The molecule has 0 saturated carbocycles. The molecular weight excluding hydrogens is 224 g/mol. The normalized spacial score (nSPS) is 12.6. The highest BCUT2D eigenvalue weighted by Gasteiger charge is 2.12. The summed E-state index contributed by atoms with van der Waals surface area (Å²) in [6.45, 7) is 0. The highest BCUT2D eigenvalue weighted by Crippen LogP contribution is 2.17. The number of nitrogens with two attached hydrogens (primary N) is 1. The summed E-state index contributed by atoms with van der Waals surface area (Å²) >= 11 is 5.92. The largest absolute Gasteiger partial charge is 0.347 e. The molecule has 84 valence electrons. The van der Waals surface area contributed by atoms with Gasteiger partial charge in [-0.2, -0.15) is 0 Å². The van der Waals surface area contributed by atoms with Gasteiger partial charge >= 0.3 is 0 Å². The lowest BCUT2D eigenvalue weighted by Gasteiger charge is -2.13. The Hall–Kier alpha value is -1.36. The number of hydrogen-bond acceptors (Lipinski definition) is 3. The molecule has 1 aromatic heterocycles. The number of aromatic nitrogens is 2. The number of nitrogens with one attached hydrogen (secondary N) is 2. The zero-order valence-electron chi connectivity index (χ0n) is 8.65. The van der Waals surface area contributed by atoms with Crippen LogP contribution in [0.5, 0.6) is 0 Å². The molecule has 4 N–H and O–H groups in total. The van der Waals surface area contributed by atoms with Crippen LogP contribution in [-0.4, -0.2) is 9.97 Å². The summed E-state index contributed by atoms with van der Waals surface area (Å²) in [6.07, 6.45) is 4.22. The molecule has 1 unspecified atom stereocenters. The number of hydrazine groups is 1. The molecule has 0 radical (unpaired) electrons. The summed E-state index contributed by atoms with van der Waals surface area (Å²) < 4.78 is 0. The molecule has 0 spiro atoms. The average molecular weight is 237 g/mol. The van der Waals surface area contributed by atoms with Crippen LogP contribution in [0.2, 0.25) is 5.02 Å². The molecule has 0 aliphatic heterocycles. The van der Waals surface area contributed by atoms with E-state index in [0.717, 1.165) is 22.8 Å². The van der Waals surface area contributed by atoms with Crippen LogP contribution in [0.1, 0.15) is 17.4 Å². The van der Waals surface area contributed by atoms with Gasteiger partial charge in [0.15, 0.2) is 0 Å². The van der Waals surface area contributed by atoms with Gasteiger partial charge in [0.25, 0.3) is 0 Å². The number of rotatable bonds is 4. The number of aromatic amines is 1. The summed E-state index contributed by atoms with van der Waals surface area (Å²) in [5, 5.41) is 0.729. The molecular formula is C11H13ClN4. The van der Waals surface area contributed by atoms with Crippen molar-refractivity contribution < 1.29 is 0 Å². The molecule has 2 rings (SSSR count). The topological polar surface area (TPSA) is 66.7 Å². The van der Waals surface area contributed by atoms with Crippen molar-refractivity contribution in [3.05, 3.63) is 53.1 Å². The van der Waals surface area contributed by atoms with Crippen molar-refractivity contribution in [2.75, 3.05) is 0 Å². The lowest BCUT2D eigenvalue weighted by Crippen LogP contribution is -2.30. The van der Waals surface area contributed by atoms with Crippen LogP contribution in [0, 0.1) is 0 Å². The predicted octanol–water partition coefficient (Wildman–Crippen LogP) is 1.81. The van der Waals surface area contributed by atoms with Crippen LogP contribution >= 0.6 is 11.6 Å². The number of hydrogen-bond donors (Lipinski definition) is 3. The second-order valence-corrected chi connectivity index (χ2v) is 3.96. The molecule has 0 bridgehead atoms. The van der Waals surface area contributed by atoms with Gasteiger partial charge in [-0.15, -0.1) is 0 Å². The molecule has 0 amide bonds. The SMILES string of the molecule is NNC(Cc1cccc(Cl)c1)c1ncc[nH]1. The van der Waals surface area contributed by atoms with Crippen molar-refractivity contribution in [2.24, 2.45) is 5.84 Å². The summed E-state index contributed by atoms with van der Waals surface area (Å²) in [5.74, 6) is 6.33. The first kappa shape index (κ1) is 11.1. The van der Waals surface area contributed by atoms with E-state index < -0.39 is 0 Å². The van der Waals surface area contributed by atoms with Gasteiger partial charge in [-0.25, -0.2) is 10.4 Å². The molecule has 0 saturated heterocycles. The van der Waals surface area contributed by atoms with Gasteiger partial charge in [-0.3, -0.25) is 5.84 Å². The molecule has 0 aliphatic rings. The van der Waals surface area contributed by atoms with Gasteiger partial charge in [-0.05, 0) is 24.1 Å².